The van der Waals surface area contributed by atoms with E-state index in [4.69, 9.17) is 0 Å². The van der Waals surface area contributed by atoms with E-state index in [1.807, 2.05) is 32.9 Å². The lowest BCUT2D eigenvalue weighted by atomic mass is 10.1. The number of rotatable bonds is 7. The van der Waals surface area contributed by atoms with Crippen LogP contribution in [0, 0.1) is 30.9 Å². The minimum absolute atomic E-state index is 0.00235. The summed E-state index contributed by atoms with van der Waals surface area (Å²) in [5.74, 6) is -1.02. The van der Waals surface area contributed by atoms with E-state index in [1.54, 1.807) is 47.2 Å². The van der Waals surface area contributed by atoms with Gasteiger partial charge in [0, 0.05) is 29.2 Å². The molecule has 1 aromatic heterocycles. The highest BCUT2D eigenvalue weighted by Gasteiger charge is 2.36. The normalized spacial score (nSPS) is 14.5. The number of benzene rings is 2. The van der Waals surface area contributed by atoms with Gasteiger partial charge in [0.25, 0.3) is 16.8 Å². The highest BCUT2D eigenvalue weighted by Crippen LogP contribution is 2.32. The van der Waals surface area contributed by atoms with Crippen molar-refractivity contribution in [3.8, 4) is 0 Å². The van der Waals surface area contributed by atoms with Crippen molar-refractivity contribution in [3.63, 3.8) is 0 Å². The molecule has 9 nitrogen and oxygen atoms in total. The fourth-order valence-electron chi connectivity index (χ4n) is 4.18. The van der Waals surface area contributed by atoms with Crippen LogP contribution in [0.5, 0.6) is 0 Å². The quantitative estimate of drug-likeness (QED) is 0.274. The van der Waals surface area contributed by atoms with Crippen LogP contribution in [0.3, 0.4) is 0 Å². The third-order valence-electron chi connectivity index (χ3n) is 5.79. The number of carbonyl (C=O) groups excluding carboxylic acids is 3. The number of aryl methyl sites for hydroxylation is 3. The second-order valence-corrected chi connectivity index (χ2v) is 9.53. The van der Waals surface area contributed by atoms with Gasteiger partial charge in [-0.2, -0.15) is 0 Å². The lowest BCUT2D eigenvalue weighted by molar-refractivity contribution is -0.385. The Morgan fingerprint density at radius 3 is 2.47 bits per heavy atom. The summed E-state index contributed by atoms with van der Waals surface area (Å²) in [7, 11) is 0. The van der Waals surface area contributed by atoms with Crippen LogP contribution in [0.4, 0.5) is 16.2 Å². The summed E-state index contributed by atoms with van der Waals surface area (Å²) >= 11 is 0.757. The van der Waals surface area contributed by atoms with Crippen LogP contribution < -0.4 is 5.32 Å². The number of hydrogen-bond donors (Lipinski definition) is 1. The van der Waals surface area contributed by atoms with E-state index in [1.165, 1.54) is 6.07 Å². The third-order valence-corrected chi connectivity index (χ3v) is 6.70. The van der Waals surface area contributed by atoms with E-state index in [9.17, 15) is 24.5 Å². The van der Waals surface area contributed by atoms with E-state index in [0.29, 0.717) is 16.9 Å². The Bertz CT molecular complexity index is 1400. The number of thioether (sulfide) groups is 1. The summed E-state index contributed by atoms with van der Waals surface area (Å²) in [6.07, 6.45) is 3.30. The first-order chi connectivity index (χ1) is 17.1. The van der Waals surface area contributed by atoms with Gasteiger partial charge < -0.3 is 9.88 Å². The van der Waals surface area contributed by atoms with Crippen molar-refractivity contribution < 1.29 is 19.3 Å². The van der Waals surface area contributed by atoms with Gasteiger partial charge in [-0.3, -0.25) is 29.4 Å². The third kappa shape index (κ3) is 5.23. The predicted molar refractivity (Wildman–Crippen MR) is 139 cm³/mol. The van der Waals surface area contributed by atoms with Crippen LogP contribution in [0.15, 0.2) is 59.6 Å². The Kier molecular flexibility index (Phi) is 7.07. The average Bonchev–Trinajstić information content (AvgIpc) is 3.35. The average molecular weight is 505 g/mol. The summed E-state index contributed by atoms with van der Waals surface area (Å²) in [6.45, 7) is 5.56. The van der Waals surface area contributed by atoms with Crippen LogP contribution in [0.2, 0.25) is 0 Å². The Balaban J connectivity index is 1.50. The van der Waals surface area contributed by atoms with Crippen molar-refractivity contribution in [2.24, 2.45) is 0 Å². The van der Waals surface area contributed by atoms with Gasteiger partial charge in [0.15, 0.2) is 0 Å². The van der Waals surface area contributed by atoms with E-state index in [-0.39, 0.29) is 17.1 Å². The second-order valence-electron chi connectivity index (χ2n) is 8.54. The lowest BCUT2D eigenvalue weighted by Gasteiger charge is -2.16. The monoisotopic (exact) mass is 504 g/mol. The first-order valence-electron chi connectivity index (χ1n) is 11.1. The molecule has 184 valence electrons. The molecule has 0 unspecified atom stereocenters. The molecule has 0 atom stereocenters. The van der Waals surface area contributed by atoms with Gasteiger partial charge in [0.05, 0.1) is 16.4 Å². The number of amides is 3. The minimum atomic E-state index is -0.559. The molecule has 3 aromatic rings. The fourth-order valence-corrected chi connectivity index (χ4v) is 5.00. The number of nitro benzene ring substituents is 1. The van der Waals surface area contributed by atoms with Crippen LogP contribution in [-0.4, -0.2) is 38.0 Å². The molecular formula is C26H24N4O5S. The fraction of sp³-hybridized carbons (Fsp3) is 0.192. The van der Waals surface area contributed by atoms with Crippen molar-refractivity contribution in [1.82, 2.24) is 9.47 Å². The zero-order chi connectivity index (χ0) is 26.0. The Labute approximate surface area is 211 Å². The molecular weight excluding hydrogens is 480 g/mol. The van der Waals surface area contributed by atoms with Crippen molar-refractivity contribution in [2.45, 2.75) is 27.3 Å². The van der Waals surface area contributed by atoms with Crippen LogP contribution >= 0.6 is 11.8 Å². The first-order valence-corrected chi connectivity index (χ1v) is 12.0. The molecule has 1 N–H and O–H groups in total. The molecule has 0 saturated carbocycles. The highest BCUT2D eigenvalue weighted by molar-refractivity contribution is 8.18. The SMILES string of the molecule is Cc1cc(C)c(NC(=O)CN2C(=O)S/C(=C/c3cccn3Cc3ccccc3[N+](=O)[O-])C2=O)c(C)c1. The zero-order valence-electron chi connectivity index (χ0n) is 20.0. The highest BCUT2D eigenvalue weighted by atomic mass is 32.2. The number of nitrogens with one attached hydrogen (secondary N) is 1. The topological polar surface area (TPSA) is 115 Å². The number of nitrogens with zero attached hydrogens (tertiary/aromatic N) is 3. The Hall–Kier alpha value is -4.18. The maximum absolute atomic E-state index is 13.0. The molecule has 10 heteroatoms. The van der Waals surface area contributed by atoms with E-state index in [0.717, 1.165) is 33.4 Å². The Morgan fingerprint density at radius 1 is 1.08 bits per heavy atom. The van der Waals surface area contributed by atoms with Gasteiger partial charge in [0.2, 0.25) is 5.91 Å². The molecule has 0 bridgehead atoms. The molecule has 1 fully saturated rings. The second kappa shape index (κ2) is 10.2. The van der Waals surface area contributed by atoms with Gasteiger partial charge in [-0.25, -0.2) is 0 Å². The van der Waals surface area contributed by atoms with Gasteiger partial charge in [-0.15, -0.1) is 0 Å². The number of nitro groups is 1. The number of imide groups is 1. The summed E-state index contributed by atoms with van der Waals surface area (Å²) in [5, 5.41) is 13.6. The number of aromatic nitrogens is 1. The molecule has 2 aromatic carbocycles. The molecule has 0 radical (unpaired) electrons. The summed E-state index contributed by atoms with van der Waals surface area (Å²) in [6, 6.07) is 13.8. The van der Waals surface area contributed by atoms with Gasteiger partial charge in [-0.05, 0) is 61.9 Å². The number of carbonyl (C=O) groups is 3. The predicted octanol–water partition coefficient (Wildman–Crippen LogP) is 5.04. The standard InChI is InChI=1S/C26H24N4O5S/c1-16-11-17(2)24(18(3)12-16)27-23(31)15-29-25(32)22(36-26(29)33)13-20-8-6-10-28(20)14-19-7-4-5-9-21(19)30(34)35/h4-13H,14-15H2,1-3H3,(H,27,31)/b22-13+. The summed E-state index contributed by atoms with van der Waals surface area (Å²) in [4.78, 5) is 50.2. The van der Waals surface area contributed by atoms with Crippen molar-refractivity contribution in [3.05, 3.63) is 97.7 Å². The molecule has 0 aliphatic carbocycles. The number of anilines is 1. The maximum atomic E-state index is 13.0. The molecule has 1 saturated heterocycles. The summed E-state index contributed by atoms with van der Waals surface area (Å²) in [5.41, 5.74) is 4.66. The maximum Gasteiger partial charge on any atom is 0.294 e. The van der Waals surface area contributed by atoms with Gasteiger partial charge in [-0.1, -0.05) is 35.9 Å². The van der Waals surface area contributed by atoms with E-state index < -0.39 is 28.5 Å². The minimum Gasteiger partial charge on any atom is -0.343 e. The van der Waals surface area contributed by atoms with Crippen molar-refractivity contribution >= 4 is 46.3 Å². The van der Waals surface area contributed by atoms with Gasteiger partial charge >= 0.3 is 0 Å². The van der Waals surface area contributed by atoms with E-state index >= 15 is 0 Å². The van der Waals surface area contributed by atoms with Crippen LogP contribution in [-0.2, 0) is 16.1 Å². The Morgan fingerprint density at radius 2 is 1.78 bits per heavy atom. The molecule has 1 aliphatic rings. The smallest absolute Gasteiger partial charge is 0.294 e. The largest absolute Gasteiger partial charge is 0.343 e. The van der Waals surface area contributed by atoms with Crippen LogP contribution in [0.1, 0.15) is 27.9 Å². The molecule has 0 spiro atoms. The van der Waals surface area contributed by atoms with Gasteiger partial charge in [0.1, 0.15) is 6.54 Å². The molecule has 4 rings (SSSR count). The van der Waals surface area contributed by atoms with E-state index in [2.05, 4.69) is 5.32 Å². The van der Waals surface area contributed by atoms with Crippen LogP contribution in [0.25, 0.3) is 6.08 Å². The molecule has 2 heterocycles. The molecule has 1 aliphatic heterocycles. The molecule has 3 amide bonds. The molecule has 36 heavy (non-hydrogen) atoms. The number of hydrogen-bond acceptors (Lipinski definition) is 6. The summed E-state index contributed by atoms with van der Waals surface area (Å²) < 4.78 is 1.76. The first kappa shape index (κ1) is 24.9. The van der Waals surface area contributed by atoms with Crippen molar-refractivity contribution in [1.29, 1.82) is 0 Å². The van der Waals surface area contributed by atoms with Crippen molar-refractivity contribution in [2.75, 3.05) is 11.9 Å². The zero-order valence-corrected chi connectivity index (χ0v) is 20.8. The lowest BCUT2D eigenvalue weighted by Crippen LogP contribution is -2.36. The number of para-hydroxylation sites is 1.